The minimum absolute atomic E-state index is 0.0800. The van der Waals surface area contributed by atoms with Crippen LogP contribution in [0.2, 0.25) is 0 Å². The summed E-state index contributed by atoms with van der Waals surface area (Å²) in [5.41, 5.74) is 0. The summed E-state index contributed by atoms with van der Waals surface area (Å²) < 4.78 is 26.3. The fourth-order valence-corrected chi connectivity index (χ4v) is 3.97. The average Bonchev–Trinajstić information content (AvgIpc) is 2.75. The first kappa shape index (κ1) is 30.4. The quantitative estimate of drug-likeness (QED) is 0.0916. The van der Waals surface area contributed by atoms with Crippen LogP contribution in [0.4, 0.5) is 4.79 Å². The minimum atomic E-state index is -1.58. The van der Waals surface area contributed by atoms with E-state index >= 15 is 0 Å². The van der Waals surface area contributed by atoms with Crippen molar-refractivity contribution in [2.75, 3.05) is 30.5 Å². The van der Waals surface area contributed by atoms with E-state index in [0.29, 0.717) is 22.4 Å². The lowest BCUT2D eigenvalue weighted by atomic mass is 9.96. The summed E-state index contributed by atoms with van der Waals surface area (Å²) in [6, 6.07) is -2.46. The van der Waals surface area contributed by atoms with Gasteiger partial charge < -0.3 is 29.0 Å². The van der Waals surface area contributed by atoms with Gasteiger partial charge in [-0.2, -0.15) is 16.8 Å². The first-order valence-electron chi connectivity index (χ1n) is 10.4. The van der Waals surface area contributed by atoms with Gasteiger partial charge in [-0.3, -0.25) is 19.2 Å². The molecule has 0 aromatic rings. The summed E-state index contributed by atoms with van der Waals surface area (Å²) in [5, 5.41) is 5.64. The maximum absolute atomic E-state index is 12.8. The van der Waals surface area contributed by atoms with Crippen LogP contribution in [0.5, 0.6) is 0 Å². The van der Waals surface area contributed by atoms with E-state index in [1.807, 2.05) is 0 Å². The molecule has 1 heterocycles. The van der Waals surface area contributed by atoms with E-state index in [1.54, 1.807) is 0 Å². The number of rotatable bonds is 12. The lowest BCUT2D eigenvalue weighted by Crippen LogP contribution is -2.67. The predicted molar refractivity (Wildman–Crippen MR) is 121 cm³/mol. The number of thioether (sulfide) groups is 1. The molecular weight excluding hydrogens is 514 g/mol. The Labute approximate surface area is 210 Å². The maximum atomic E-state index is 12.8. The van der Waals surface area contributed by atoms with Gasteiger partial charge in [0.05, 0.1) is 11.8 Å². The largest absolute Gasteiger partial charge is 0.463 e. The molecule has 1 aliphatic heterocycles. The van der Waals surface area contributed by atoms with E-state index in [1.165, 1.54) is 11.8 Å². The summed E-state index contributed by atoms with van der Waals surface area (Å²) in [6.45, 7) is 3.80. The number of esters is 4. The molecule has 1 aliphatic rings. The Morgan fingerprint density at radius 1 is 0.943 bits per heavy atom. The number of nitrogens with zero attached hydrogens (tertiary/aromatic N) is 2. The van der Waals surface area contributed by atoms with Crippen LogP contribution in [0, 0.1) is 4.91 Å². The highest BCUT2D eigenvalue weighted by molar-refractivity contribution is 7.99. The molecule has 1 rings (SSSR count). The van der Waals surface area contributed by atoms with Crippen molar-refractivity contribution in [1.82, 2.24) is 10.3 Å². The Bertz CT molecular complexity index is 787. The van der Waals surface area contributed by atoms with Crippen LogP contribution in [0.1, 0.15) is 27.7 Å². The smallest absolute Gasteiger partial charge is 0.341 e. The number of alkyl halides is 1. The van der Waals surface area contributed by atoms with Crippen LogP contribution in [-0.4, -0.2) is 96.1 Å². The third kappa shape index (κ3) is 10.7. The number of nitroso groups, excluding NO2 is 1. The molecule has 1 N–H and O–H groups in total. The van der Waals surface area contributed by atoms with Crippen LogP contribution in [-0.2, 0) is 42.9 Å². The number of amides is 2. The zero-order valence-corrected chi connectivity index (χ0v) is 21.2. The number of carbonyl (C=O) groups excluding carboxylic acids is 5. The van der Waals surface area contributed by atoms with Crippen molar-refractivity contribution < 1.29 is 47.7 Å². The molecule has 5 atom stereocenters. The zero-order chi connectivity index (χ0) is 26.5. The SMILES string of the molecule is CC(=O)OCC1OC(OC(C)=O)C(NC(=O)N(CCSCCCl)N=O)C(OC(C)=O)C1OC(C)=O. The molecule has 198 valence electrons. The molecule has 0 spiro atoms. The molecule has 0 bridgehead atoms. The molecule has 0 radical (unpaired) electrons. The Kier molecular flexibility index (Phi) is 13.3. The van der Waals surface area contributed by atoms with E-state index in [2.05, 4.69) is 10.6 Å². The molecule has 5 unspecified atom stereocenters. The lowest BCUT2D eigenvalue weighted by Gasteiger charge is -2.44. The summed E-state index contributed by atoms with van der Waals surface area (Å²) >= 11 is 6.98. The van der Waals surface area contributed by atoms with Crippen molar-refractivity contribution in [2.24, 2.45) is 5.29 Å². The van der Waals surface area contributed by atoms with Crippen LogP contribution in [0.25, 0.3) is 0 Å². The van der Waals surface area contributed by atoms with Gasteiger partial charge in [0, 0.05) is 45.1 Å². The maximum Gasteiger partial charge on any atom is 0.341 e. The molecule has 0 aliphatic carbocycles. The summed E-state index contributed by atoms with van der Waals surface area (Å²) in [7, 11) is 0. The normalized spacial score (nSPS) is 23.4. The molecule has 1 saturated heterocycles. The molecule has 0 aromatic heterocycles. The lowest BCUT2D eigenvalue weighted by molar-refractivity contribution is -0.270. The fourth-order valence-electron chi connectivity index (χ4n) is 3.02. The van der Waals surface area contributed by atoms with Gasteiger partial charge >= 0.3 is 29.9 Å². The van der Waals surface area contributed by atoms with Crippen LogP contribution < -0.4 is 5.32 Å². The number of halogens is 1. The van der Waals surface area contributed by atoms with E-state index in [9.17, 15) is 28.9 Å². The second-order valence-corrected chi connectivity index (χ2v) is 8.69. The first-order valence-corrected chi connectivity index (χ1v) is 12.0. The molecule has 16 heteroatoms. The number of urea groups is 1. The van der Waals surface area contributed by atoms with Gasteiger partial charge in [0.1, 0.15) is 18.8 Å². The zero-order valence-electron chi connectivity index (χ0n) is 19.6. The number of hydrogen-bond acceptors (Lipinski definition) is 13. The van der Waals surface area contributed by atoms with E-state index in [4.69, 9.17) is 35.3 Å². The highest BCUT2D eigenvalue weighted by atomic mass is 35.5. The van der Waals surface area contributed by atoms with Gasteiger partial charge in [-0.25, -0.2) is 4.79 Å². The number of nitrogens with one attached hydrogen (secondary N) is 1. The number of hydrogen-bond donors (Lipinski definition) is 1. The molecule has 14 nitrogen and oxygen atoms in total. The standard InChI is InChI=1S/C19H28ClN3O11S/c1-10(24)30-9-14-16(31-11(2)25)17(32-12(3)26)15(18(34-14)33-13(4)27)21-19(28)23(22-29)6-8-35-7-5-20/h14-18H,5-9H2,1-4H3,(H,21,28). The third-order valence-corrected chi connectivity index (χ3v) is 5.65. The Morgan fingerprint density at radius 3 is 2.06 bits per heavy atom. The van der Waals surface area contributed by atoms with Gasteiger partial charge in [0.25, 0.3) is 0 Å². The highest BCUT2D eigenvalue weighted by Crippen LogP contribution is 2.28. The average molecular weight is 542 g/mol. The second-order valence-electron chi connectivity index (χ2n) is 7.08. The Balaban J connectivity index is 3.28. The van der Waals surface area contributed by atoms with Crippen molar-refractivity contribution in [3.63, 3.8) is 0 Å². The fraction of sp³-hybridized carbons (Fsp3) is 0.737. The summed E-state index contributed by atoms with van der Waals surface area (Å²) in [4.78, 5) is 70.7. The van der Waals surface area contributed by atoms with Crippen molar-refractivity contribution in [3.8, 4) is 0 Å². The van der Waals surface area contributed by atoms with Crippen molar-refractivity contribution >= 4 is 53.3 Å². The summed E-state index contributed by atoms with van der Waals surface area (Å²) in [6.07, 6.45) is -5.66. The summed E-state index contributed by atoms with van der Waals surface area (Å²) in [5.74, 6) is -1.83. The first-order chi connectivity index (χ1) is 16.5. The molecule has 0 saturated carbocycles. The van der Waals surface area contributed by atoms with Crippen LogP contribution in [0.15, 0.2) is 5.29 Å². The van der Waals surface area contributed by atoms with Gasteiger partial charge in [-0.15, -0.1) is 16.5 Å². The Morgan fingerprint density at radius 2 is 1.54 bits per heavy atom. The number of carbonyl (C=O) groups is 5. The van der Waals surface area contributed by atoms with E-state index in [0.717, 1.165) is 27.7 Å². The molecule has 2 amide bonds. The van der Waals surface area contributed by atoms with E-state index in [-0.39, 0.29) is 6.54 Å². The Hall–Kier alpha value is -2.65. The second kappa shape index (κ2) is 15.4. The molecule has 35 heavy (non-hydrogen) atoms. The van der Waals surface area contributed by atoms with Gasteiger partial charge in [-0.1, -0.05) is 0 Å². The van der Waals surface area contributed by atoms with E-state index < -0.39 is 67.2 Å². The van der Waals surface area contributed by atoms with Gasteiger partial charge in [0.2, 0.25) is 6.29 Å². The molecular formula is C19H28ClN3O11S. The van der Waals surface area contributed by atoms with Crippen LogP contribution >= 0.6 is 23.4 Å². The van der Waals surface area contributed by atoms with Gasteiger partial charge in [0.15, 0.2) is 12.2 Å². The molecule has 0 aromatic carbocycles. The monoisotopic (exact) mass is 541 g/mol. The van der Waals surface area contributed by atoms with Crippen LogP contribution in [0.3, 0.4) is 0 Å². The highest BCUT2D eigenvalue weighted by Gasteiger charge is 2.52. The topological polar surface area (TPSA) is 176 Å². The van der Waals surface area contributed by atoms with Gasteiger partial charge in [-0.05, 0) is 0 Å². The predicted octanol–water partition coefficient (Wildman–Crippen LogP) is 0.735. The number of ether oxygens (including phenoxy) is 5. The molecule has 1 fully saturated rings. The van der Waals surface area contributed by atoms with Crippen molar-refractivity contribution in [1.29, 1.82) is 0 Å². The minimum Gasteiger partial charge on any atom is -0.463 e. The third-order valence-electron chi connectivity index (χ3n) is 4.28. The van der Waals surface area contributed by atoms with Crippen molar-refractivity contribution in [3.05, 3.63) is 4.91 Å². The van der Waals surface area contributed by atoms with Crippen molar-refractivity contribution in [2.45, 2.75) is 58.3 Å².